The fourth-order valence-corrected chi connectivity index (χ4v) is 2.50. The van der Waals surface area contributed by atoms with Crippen LogP contribution in [0.2, 0.25) is 5.02 Å². The van der Waals surface area contributed by atoms with Gasteiger partial charge in [0.15, 0.2) is 6.10 Å². The molecule has 1 atom stereocenters. The molecule has 0 aromatic heterocycles. The number of rotatable bonds is 6. The standard InChI is InChI=1S/C19H22ClNO2/c1-4-14-6-9-16(10-7-14)23-18(5-2)19(22)21-17-11-8-15(20)12-13(17)3/h6-12,18H,4-5H2,1-3H3,(H,21,22)/t18-/m0/s1. The smallest absolute Gasteiger partial charge is 0.265 e. The Morgan fingerprint density at radius 3 is 2.43 bits per heavy atom. The largest absolute Gasteiger partial charge is 0.481 e. The van der Waals surface area contributed by atoms with E-state index in [0.717, 1.165) is 17.7 Å². The average Bonchev–Trinajstić information content (AvgIpc) is 2.55. The van der Waals surface area contributed by atoms with E-state index in [2.05, 4.69) is 12.2 Å². The van der Waals surface area contributed by atoms with E-state index in [0.29, 0.717) is 17.2 Å². The van der Waals surface area contributed by atoms with Gasteiger partial charge in [-0.15, -0.1) is 0 Å². The molecule has 0 saturated carbocycles. The summed E-state index contributed by atoms with van der Waals surface area (Å²) in [5.41, 5.74) is 2.92. The van der Waals surface area contributed by atoms with Gasteiger partial charge >= 0.3 is 0 Å². The summed E-state index contributed by atoms with van der Waals surface area (Å²) in [5, 5.41) is 3.56. The number of carbonyl (C=O) groups excluding carboxylic acids is 1. The maximum Gasteiger partial charge on any atom is 0.265 e. The molecule has 2 aromatic carbocycles. The molecule has 0 bridgehead atoms. The molecular weight excluding hydrogens is 310 g/mol. The molecule has 0 spiro atoms. The van der Waals surface area contributed by atoms with E-state index in [1.54, 1.807) is 12.1 Å². The van der Waals surface area contributed by atoms with Crippen LogP contribution in [0.5, 0.6) is 5.75 Å². The van der Waals surface area contributed by atoms with Gasteiger partial charge in [0.1, 0.15) is 5.75 Å². The number of hydrogen-bond donors (Lipinski definition) is 1. The van der Waals surface area contributed by atoms with E-state index in [9.17, 15) is 4.79 Å². The lowest BCUT2D eigenvalue weighted by Crippen LogP contribution is -2.32. The second-order valence-corrected chi connectivity index (χ2v) is 5.90. The van der Waals surface area contributed by atoms with Crippen LogP contribution < -0.4 is 10.1 Å². The molecular formula is C19H22ClNO2. The number of ether oxygens (including phenoxy) is 1. The zero-order valence-electron chi connectivity index (χ0n) is 13.7. The van der Waals surface area contributed by atoms with Crippen LogP contribution in [0, 0.1) is 6.92 Å². The van der Waals surface area contributed by atoms with Gasteiger partial charge in [-0.25, -0.2) is 0 Å². The van der Waals surface area contributed by atoms with Crippen molar-refractivity contribution in [2.75, 3.05) is 5.32 Å². The van der Waals surface area contributed by atoms with Crippen LogP contribution in [0.3, 0.4) is 0 Å². The van der Waals surface area contributed by atoms with Crippen molar-refractivity contribution in [1.82, 2.24) is 0 Å². The lowest BCUT2D eigenvalue weighted by atomic mass is 10.1. The molecule has 0 aliphatic carbocycles. The molecule has 0 fully saturated rings. The summed E-state index contributed by atoms with van der Waals surface area (Å²) in [6.45, 7) is 5.94. The Labute approximate surface area is 142 Å². The van der Waals surface area contributed by atoms with Gasteiger partial charge in [0, 0.05) is 10.7 Å². The number of halogens is 1. The summed E-state index contributed by atoms with van der Waals surface area (Å²) in [4.78, 5) is 12.4. The van der Waals surface area contributed by atoms with Crippen molar-refractivity contribution in [3.05, 3.63) is 58.6 Å². The van der Waals surface area contributed by atoms with E-state index >= 15 is 0 Å². The van der Waals surface area contributed by atoms with Gasteiger partial charge in [-0.05, 0) is 61.2 Å². The highest BCUT2D eigenvalue weighted by Gasteiger charge is 2.19. The maximum atomic E-state index is 12.4. The van der Waals surface area contributed by atoms with Gasteiger partial charge in [-0.2, -0.15) is 0 Å². The highest BCUT2D eigenvalue weighted by atomic mass is 35.5. The van der Waals surface area contributed by atoms with Crippen molar-refractivity contribution >= 4 is 23.2 Å². The molecule has 4 heteroatoms. The van der Waals surface area contributed by atoms with E-state index in [4.69, 9.17) is 16.3 Å². The van der Waals surface area contributed by atoms with E-state index in [1.165, 1.54) is 5.56 Å². The van der Waals surface area contributed by atoms with Crippen LogP contribution in [0.1, 0.15) is 31.4 Å². The first-order valence-corrected chi connectivity index (χ1v) is 8.23. The molecule has 0 saturated heterocycles. The Bertz CT molecular complexity index is 668. The maximum absolute atomic E-state index is 12.4. The predicted octanol–water partition coefficient (Wildman–Crippen LogP) is 5.01. The quantitative estimate of drug-likeness (QED) is 0.808. The Hall–Kier alpha value is -2.00. The summed E-state index contributed by atoms with van der Waals surface area (Å²) in [5.74, 6) is 0.550. The molecule has 2 aromatic rings. The normalized spacial score (nSPS) is 11.8. The summed E-state index contributed by atoms with van der Waals surface area (Å²) in [6.07, 6.45) is 1.04. The molecule has 122 valence electrons. The second-order valence-electron chi connectivity index (χ2n) is 5.46. The molecule has 0 heterocycles. The first-order valence-electron chi connectivity index (χ1n) is 7.86. The highest BCUT2D eigenvalue weighted by Crippen LogP contribution is 2.21. The first kappa shape index (κ1) is 17.4. The van der Waals surface area contributed by atoms with Crippen LogP contribution in [0.15, 0.2) is 42.5 Å². The van der Waals surface area contributed by atoms with Crippen molar-refractivity contribution in [2.45, 2.75) is 39.7 Å². The minimum absolute atomic E-state index is 0.155. The Morgan fingerprint density at radius 2 is 1.87 bits per heavy atom. The number of anilines is 1. The minimum atomic E-state index is -0.530. The van der Waals surface area contributed by atoms with Crippen molar-refractivity contribution in [2.24, 2.45) is 0 Å². The lowest BCUT2D eigenvalue weighted by Gasteiger charge is -2.18. The van der Waals surface area contributed by atoms with Crippen molar-refractivity contribution in [1.29, 1.82) is 0 Å². The molecule has 0 aliphatic rings. The Morgan fingerprint density at radius 1 is 1.17 bits per heavy atom. The van der Waals surface area contributed by atoms with Crippen LogP contribution in [0.4, 0.5) is 5.69 Å². The molecule has 0 unspecified atom stereocenters. The van der Waals surface area contributed by atoms with Gasteiger partial charge in [-0.3, -0.25) is 4.79 Å². The molecule has 23 heavy (non-hydrogen) atoms. The first-order chi connectivity index (χ1) is 11.0. The Balaban J connectivity index is 2.05. The van der Waals surface area contributed by atoms with Crippen molar-refractivity contribution < 1.29 is 9.53 Å². The van der Waals surface area contributed by atoms with E-state index < -0.39 is 6.10 Å². The van der Waals surface area contributed by atoms with Gasteiger partial charge in [0.05, 0.1) is 0 Å². The highest BCUT2D eigenvalue weighted by molar-refractivity contribution is 6.30. The zero-order valence-corrected chi connectivity index (χ0v) is 14.5. The Kier molecular flexibility index (Phi) is 6.05. The zero-order chi connectivity index (χ0) is 16.8. The fraction of sp³-hybridized carbons (Fsp3) is 0.316. The number of aryl methyl sites for hydroxylation is 2. The molecule has 3 nitrogen and oxygen atoms in total. The van der Waals surface area contributed by atoms with Gasteiger partial charge in [0.25, 0.3) is 5.91 Å². The molecule has 0 radical (unpaired) electrons. The van der Waals surface area contributed by atoms with Gasteiger partial charge < -0.3 is 10.1 Å². The number of hydrogen-bond acceptors (Lipinski definition) is 2. The molecule has 0 aliphatic heterocycles. The number of nitrogens with one attached hydrogen (secondary N) is 1. The fourth-order valence-electron chi connectivity index (χ4n) is 2.27. The molecule has 1 N–H and O–H groups in total. The second kappa shape index (κ2) is 8.02. The SMILES string of the molecule is CCc1ccc(O[C@@H](CC)C(=O)Nc2ccc(Cl)cc2C)cc1. The van der Waals surface area contributed by atoms with Crippen molar-refractivity contribution in [3.63, 3.8) is 0 Å². The minimum Gasteiger partial charge on any atom is -0.481 e. The summed E-state index contributed by atoms with van der Waals surface area (Å²) >= 11 is 5.94. The van der Waals surface area contributed by atoms with E-state index in [-0.39, 0.29) is 5.91 Å². The predicted molar refractivity (Wildman–Crippen MR) is 95.3 cm³/mol. The third-order valence-electron chi connectivity index (χ3n) is 3.72. The lowest BCUT2D eigenvalue weighted by molar-refractivity contribution is -0.122. The summed E-state index contributed by atoms with van der Waals surface area (Å²) < 4.78 is 5.82. The number of amides is 1. The number of carbonyl (C=O) groups is 1. The third-order valence-corrected chi connectivity index (χ3v) is 3.95. The summed E-state index contributed by atoms with van der Waals surface area (Å²) in [6, 6.07) is 13.2. The van der Waals surface area contributed by atoms with Crippen LogP contribution >= 0.6 is 11.6 Å². The topological polar surface area (TPSA) is 38.3 Å². The summed E-state index contributed by atoms with van der Waals surface area (Å²) in [7, 11) is 0. The average molecular weight is 332 g/mol. The third kappa shape index (κ3) is 4.73. The van der Waals surface area contributed by atoms with Gasteiger partial charge in [0.2, 0.25) is 0 Å². The molecule has 1 amide bonds. The number of benzene rings is 2. The van der Waals surface area contributed by atoms with Gasteiger partial charge in [-0.1, -0.05) is 37.6 Å². The molecule has 2 rings (SSSR count). The van der Waals surface area contributed by atoms with Crippen molar-refractivity contribution in [3.8, 4) is 5.75 Å². The van der Waals surface area contributed by atoms with Crippen LogP contribution in [-0.2, 0) is 11.2 Å². The van der Waals surface area contributed by atoms with Crippen LogP contribution in [0.25, 0.3) is 0 Å². The van der Waals surface area contributed by atoms with E-state index in [1.807, 2.05) is 44.2 Å². The monoisotopic (exact) mass is 331 g/mol. The van der Waals surface area contributed by atoms with Crippen LogP contribution in [-0.4, -0.2) is 12.0 Å².